The third kappa shape index (κ3) is 6.33. The van der Waals surface area contributed by atoms with Crippen molar-refractivity contribution in [2.75, 3.05) is 11.6 Å². The number of amides is 1. The molecule has 6 aromatic rings. The van der Waals surface area contributed by atoms with Crippen molar-refractivity contribution in [1.29, 1.82) is 0 Å². The SMILES string of the molecule is CCCCC(=O)Nc1cncc(-c2ccc3[nH]nc(-c4nc5c(-c6cc(F)cc(CNS(C)(=O)=O)c6)cncc5[nH]4)c3c2)c1. The number of aromatic nitrogens is 6. The van der Waals surface area contributed by atoms with E-state index in [1.54, 1.807) is 30.9 Å². The molecule has 0 saturated carbocycles. The third-order valence-electron chi connectivity index (χ3n) is 7.10. The van der Waals surface area contributed by atoms with Crippen LogP contribution in [0, 0.1) is 5.82 Å². The highest BCUT2D eigenvalue weighted by Crippen LogP contribution is 2.33. The molecular formula is C31H29FN8O3S. The number of carbonyl (C=O) groups is 1. The van der Waals surface area contributed by atoms with E-state index in [2.05, 4.69) is 35.2 Å². The first-order valence-corrected chi connectivity index (χ1v) is 15.9. The number of nitrogens with one attached hydrogen (secondary N) is 4. The molecule has 44 heavy (non-hydrogen) atoms. The molecule has 0 fully saturated rings. The van der Waals surface area contributed by atoms with Gasteiger partial charge >= 0.3 is 0 Å². The first kappa shape index (κ1) is 29.1. The maximum absolute atomic E-state index is 14.6. The molecule has 0 aliphatic carbocycles. The van der Waals surface area contributed by atoms with Gasteiger partial charge in [-0.3, -0.25) is 19.9 Å². The number of H-pyrrole nitrogens is 2. The number of nitrogens with zero attached hydrogens (tertiary/aromatic N) is 4. The summed E-state index contributed by atoms with van der Waals surface area (Å²) in [6.45, 7) is 1.99. The van der Waals surface area contributed by atoms with E-state index in [0.717, 1.165) is 41.1 Å². The summed E-state index contributed by atoms with van der Waals surface area (Å²) >= 11 is 0. The number of rotatable bonds is 10. The van der Waals surface area contributed by atoms with Crippen LogP contribution in [0.15, 0.2) is 67.3 Å². The minimum atomic E-state index is -3.45. The van der Waals surface area contributed by atoms with Crippen molar-refractivity contribution in [2.45, 2.75) is 32.7 Å². The lowest BCUT2D eigenvalue weighted by molar-refractivity contribution is -0.116. The Morgan fingerprint density at radius 3 is 2.61 bits per heavy atom. The Hall–Kier alpha value is -5.01. The minimum absolute atomic E-state index is 0.0443. The molecule has 1 amide bonds. The quantitative estimate of drug-likeness (QED) is 0.158. The number of pyridine rings is 2. The van der Waals surface area contributed by atoms with Crippen LogP contribution in [0.5, 0.6) is 0 Å². The largest absolute Gasteiger partial charge is 0.335 e. The molecular weight excluding hydrogens is 583 g/mol. The Morgan fingerprint density at radius 2 is 1.80 bits per heavy atom. The van der Waals surface area contributed by atoms with Crippen LogP contribution in [0.2, 0.25) is 0 Å². The van der Waals surface area contributed by atoms with Gasteiger partial charge in [0.05, 0.1) is 40.9 Å². The highest BCUT2D eigenvalue weighted by atomic mass is 32.2. The lowest BCUT2D eigenvalue weighted by Gasteiger charge is -2.07. The van der Waals surface area contributed by atoms with Gasteiger partial charge in [-0.1, -0.05) is 19.4 Å². The van der Waals surface area contributed by atoms with E-state index in [9.17, 15) is 17.6 Å². The number of hydrogen-bond acceptors (Lipinski definition) is 7. The fourth-order valence-corrected chi connectivity index (χ4v) is 5.41. The fourth-order valence-electron chi connectivity index (χ4n) is 4.98. The normalized spacial score (nSPS) is 11.8. The molecule has 0 aliphatic rings. The number of hydrogen-bond donors (Lipinski definition) is 4. The zero-order chi connectivity index (χ0) is 30.8. The molecule has 4 heterocycles. The Labute approximate surface area is 252 Å². The lowest BCUT2D eigenvalue weighted by Crippen LogP contribution is -2.21. The maximum atomic E-state index is 14.6. The zero-order valence-electron chi connectivity index (χ0n) is 24.0. The van der Waals surface area contributed by atoms with Gasteiger partial charge < -0.3 is 10.3 Å². The number of halogens is 1. The molecule has 2 aromatic carbocycles. The van der Waals surface area contributed by atoms with E-state index in [1.807, 2.05) is 31.2 Å². The summed E-state index contributed by atoms with van der Waals surface area (Å²) in [6, 6.07) is 12.1. The second kappa shape index (κ2) is 11.9. The van der Waals surface area contributed by atoms with E-state index in [0.29, 0.717) is 51.4 Å². The number of sulfonamides is 1. The Morgan fingerprint density at radius 1 is 0.955 bits per heavy atom. The van der Waals surface area contributed by atoms with Gasteiger partial charge in [-0.25, -0.2) is 22.5 Å². The molecule has 4 aromatic heterocycles. The summed E-state index contributed by atoms with van der Waals surface area (Å²) in [7, 11) is -3.45. The predicted molar refractivity (Wildman–Crippen MR) is 167 cm³/mol. The Bertz CT molecular complexity index is 2120. The molecule has 0 atom stereocenters. The van der Waals surface area contributed by atoms with Gasteiger partial charge in [0.15, 0.2) is 5.82 Å². The summed E-state index contributed by atoms with van der Waals surface area (Å²) < 4.78 is 40.1. The zero-order valence-corrected chi connectivity index (χ0v) is 24.8. The number of aromatic amines is 2. The van der Waals surface area contributed by atoms with Gasteiger partial charge in [0.25, 0.3) is 0 Å². The fraction of sp³-hybridized carbons (Fsp3) is 0.194. The average Bonchev–Trinajstić information content (AvgIpc) is 3.62. The standard InChI is InChI=1S/C31H29FN8O3S/c1-3-4-5-28(41)36-23-11-21(14-33-15-23)19-6-7-26-24(12-19)30(40-39-26)31-37-27-17-34-16-25(29(27)38-31)20-8-18(9-22(32)10-20)13-35-44(2,42)43/h6-12,14-17,35H,3-5,13H2,1-2H3,(H,36,41)(H,37,38)(H,39,40). The molecule has 0 aliphatic heterocycles. The van der Waals surface area contributed by atoms with E-state index < -0.39 is 15.8 Å². The molecule has 0 radical (unpaired) electrons. The van der Waals surface area contributed by atoms with Crippen molar-refractivity contribution in [3.8, 4) is 33.8 Å². The van der Waals surface area contributed by atoms with E-state index >= 15 is 0 Å². The predicted octanol–water partition coefficient (Wildman–Crippen LogP) is 5.55. The minimum Gasteiger partial charge on any atom is -0.335 e. The molecule has 0 unspecified atom stereocenters. The van der Waals surface area contributed by atoms with Crippen LogP contribution in [0.1, 0.15) is 31.7 Å². The number of benzene rings is 2. The molecule has 4 N–H and O–H groups in total. The van der Waals surface area contributed by atoms with Crippen LogP contribution in [0.3, 0.4) is 0 Å². The van der Waals surface area contributed by atoms with E-state index in [4.69, 9.17) is 4.98 Å². The van der Waals surface area contributed by atoms with Crippen LogP contribution in [0.25, 0.3) is 55.7 Å². The van der Waals surface area contributed by atoms with Crippen molar-refractivity contribution in [2.24, 2.45) is 0 Å². The van der Waals surface area contributed by atoms with Crippen molar-refractivity contribution < 1.29 is 17.6 Å². The first-order chi connectivity index (χ1) is 21.2. The van der Waals surface area contributed by atoms with Crippen molar-refractivity contribution >= 4 is 43.6 Å². The summed E-state index contributed by atoms with van der Waals surface area (Å²) in [5.41, 5.74) is 6.45. The number of carbonyl (C=O) groups excluding carboxylic acids is 1. The van der Waals surface area contributed by atoms with Crippen LogP contribution >= 0.6 is 0 Å². The number of anilines is 1. The van der Waals surface area contributed by atoms with Gasteiger partial charge in [0.2, 0.25) is 15.9 Å². The summed E-state index contributed by atoms with van der Waals surface area (Å²) in [4.78, 5) is 29.0. The highest BCUT2D eigenvalue weighted by molar-refractivity contribution is 7.88. The topological polar surface area (TPSA) is 158 Å². The molecule has 11 nitrogen and oxygen atoms in total. The van der Waals surface area contributed by atoms with Crippen LogP contribution in [-0.4, -0.2) is 50.7 Å². The van der Waals surface area contributed by atoms with Crippen LogP contribution < -0.4 is 10.0 Å². The lowest BCUT2D eigenvalue weighted by atomic mass is 10.0. The van der Waals surface area contributed by atoms with Gasteiger partial charge in [-0.05, 0) is 59.5 Å². The second-order valence-corrected chi connectivity index (χ2v) is 12.4. The number of unbranched alkanes of at least 4 members (excludes halogenated alkanes) is 1. The average molecular weight is 613 g/mol. The summed E-state index contributed by atoms with van der Waals surface area (Å²) in [5, 5.41) is 11.3. The van der Waals surface area contributed by atoms with Gasteiger partial charge in [0.1, 0.15) is 11.5 Å². The maximum Gasteiger partial charge on any atom is 0.224 e. The first-order valence-electron chi connectivity index (χ1n) is 14.0. The number of imidazole rings is 1. The number of fused-ring (bicyclic) bond motifs is 2. The van der Waals surface area contributed by atoms with Crippen molar-refractivity contribution in [1.82, 2.24) is 34.9 Å². The second-order valence-electron chi connectivity index (χ2n) is 10.6. The van der Waals surface area contributed by atoms with Crippen molar-refractivity contribution in [3.05, 3.63) is 78.6 Å². The Kier molecular flexibility index (Phi) is 7.89. The third-order valence-corrected chi connectivity index (χ3v) is 7.77. The smallest absolute Gasteiger partial charge is 0.224 e. The molecule has 0 saturated heterocycles. The summed E-state index contributed by atoms with van der Waals surface area (Å²) in [6.07, 6.45) is 9.86. The molecule has 13 heteroatoms. The monoisotopic (exact) mass is 612 g/mol. The molecule has 224 valence electrons. The van der Waals surface area contributed by atoms with Gasteiger partial charge in [-0.15, -0.1) is 0 Å². The molecule has 0 spiro atoms. The summed E-state index contributed by atoms with van der Waals surface area (Å²) in [5.74, 6) is -0.0642. The highest BCUT2D eigenvalue weighted by Gasteiger charge is 2.17. The van der Waals surface area contributed by atoms with Gasteiger partial charge in [0, 0.05) is 41.9 Å². The van der Waals surface area contributed by atoms with Gasteiger partial charge in [-0.2, -0.15) is 5.10 Å². The van der Waals surface area contributed by atoms with Crippen LogP contribution in [-0.2, 0) is 21.4 Å². The Balaban J connectivity index is 1.35. The van der Waals surface area contributed by atoms with Crippen molar-refractivity contribution in [3.63, 3.8) is 0 Å². The van der Waals surface area contributed by atoms with E-state index in [1.165, 1.54) is 12.1 Å². The van der Waals surface area contributed by atoms with Crippen LogP contribution in [0.4, 0.5) is 10.1 Å². The molecule has 0 bridgehead atoms. The molecule has 6 rings (SSSR count). The van der Waals surface area contributed by atoms with E-state index in [-0.39, 0.29) is 12.5 Å².